The number of hydrogen-bond acceptors (Lipinski definition) is 3. The second-order valence-corrected chi connectivity index (χ2v) is 3.81. The minimum absolute atomic E-state index is 0.178. The Hall–Kier alpha value is -2.11. The van der Waals surface area contributed by atoms with Gasteiger partial charge in [0, 0.05) is 25.9 Å². The van der Waals surface area contributed by atoms with Crippen molar-refractivity contribution in [1.82, 2.24) is 14.7 Å². The summed E-state index contributed by atoms with van der Waals surface area (Å²) in [5.74, 6) is -1.13. The number of rotatable bonds is 4. The molecule has 0 atom stereocenters. The first kappa shape index (κ1) is 13.0. The zero-order valence-corrected chi connectivity index (χ0v) is 10.0. The molecule has 17 heavy (non-hydrogen) atoms. The van der Waals surface area contributed by atoms with E-state index >= 15 is 0 Å². The number of carbonyl (C=O) groups is 2. The number of aliphatic carboxylic acids is 1. The molecular formula is C11H15N3O3. The van der Waals surface area contributed by atoms with Crippen molar-refractivity contribution in [1.29, 1.82) is 0 Å². The smallest absolute Gasteiger partial charge is 0.331 e. The molecule has 0 radical (unpaired) electrons. The molecule has 0 aliphatic carbocycles. The first-order valence-corrected chi connectivity index (χ1v) is 5.07. The molecule has 1 rings (SSSR count). The third kappa shape index (κ3) is 3.44. The predicted octanol–water partition coefficient (Wildman–Crippen LogP) is 0.616. The lowest BCUT2D eigenvalue weighted by Crippen LogP contribution is -2.22. The fourth-order valence-corrected chi connectivity index (χ4v) is 1.12. The van der Waals surface area contributed by atoms with E-state index in [1.54, 1.807) is 32.4 Å². The fraction of sp³-hybridized carbons (Fsp3) is 0.364. The molecule has 0 fully saturated rings. The topological polar surface area (TPSA) is 75.4 Å². The maximum atomic E-state index is 11.5. The standard InChI is InChI=1S/C11H15N3O3/c1-8(11(16)17)4-6-14-7-5-9(12-14)10(15)13(2)3/h4-5,7H,6H2,1-3H3,(H,16,17). The summed E-state index contributed by atoms with van der Waals surface area (Å²) in [4.78, 5) is 23.5. The van der Waals surface area contributed by atoms with Crippen molar-refractivity contribution in [3.8, 4) is 0 Å². The zero-order valence-electron chi connectivity index (χ0n) is 10.0. The van der Waals surface area contributed by atoms with Gasteiger partial charge in [-0.2, -0.15) is 5.10 Å². The highest BCUT2D eigenvalue weighted by Gasteiger charge is 2.10. The van der Waals surface area contributed by atoms with Gasteiger partial charge in [-0.3, -0.25) is 9.48 Å². The van der Waals surface area contributed by atoms with Crippen molar-refractivity contribution in [3.63, 3.8) is 0 Å². The summed E-state index contributed by atoms with van der Waals surface area (Å²) < 4.78 is 1.52. The van der Waals surface area contributed by atoms with Crippen LogP contribution in [-0.4, -0.2) is 45.8 Å². The van der Waals surface area contributed by atoms with Crippen LogP contribution in [0, 0.1) is 0 Å². The van der Waals surface area contributed by atoms with Crippen LogP contribution in [0.5, 0.6) is 0 Å². The van der Waals surface area contributed by atoms with Crippen LogP contribution in [0.15, 0.2) is 23.9 Å². The highest BCUT2D eigenvalue weighted by Crippen LogP contribution is 2.00. The van der Waals surface area contributed by atoms with Gasteiger partial charge in [0.05, 0.1) is 6.54 Å². The molecule has 0 unspecified atom stereocenters. The van der Waals surface area contributed by atoms with Crippen molar-refractivity contribution >= 4 is 11.9 Å². The van der Waals surface area contributed by atoms with E-state index in [4.69, 9.17) is 5.11 Å². The Morgan fingerprint density at radius 2 is 2.18 bits per heavy atom. The number of aromatic nitrogens is 2. The molecule has 0 saturated carbocycles. The molecule has 0 saturated heterocycles. The van der Waals surface area contributed by atoms with Crippen LogP contribution in [0.4, 0.5) is 0 Å². The molecule has 6 heteroatoms. The van der Waals surface area contributed by atoms with Crippen molar-refractivity contribution in [3.05, 3.63) is 29.6 Å². The molecule has 1 N–H and O–H groups in total. The molecule has 1 aromatic rings. The quantitative estimate of drug-likeness (QED) is 0.779. The number of hydrogen-bond donors (Lipinski definition) is 1. The fourth-order valence-electron chi connectivity index (χ4n) is 1.12. The normalized spacial score (nSPS) is 11.4. The molecule has 0 aromatic carbocycles. The van der Waals surface area contributed by atoms with Gasteiger partial charge >= 0.3 is 5.97 Å². The molecule has 0 aliphatic heterocycles. The van der Waals surface area contributed by atoms with Crippen LogP contribution in [-0.2, 0) is 11.3 Å². The van der Waals surface area contributed by atoms with Crippen molar-refractivity contribution in [2.75, 3.05) is 14.1 Å². The summed E-state index contributed by atoms with van der Waals surface area (Å²) in [6, 6.07) is 1.60. The zero-order chi connectivity index (χ0) is 13.0. The van der Waals surface area contributed by atoms with Crippen molar-refractivity contribution < 1.29 is 14.7 Å². The maximum Gasteiger partial charge on any atom is 0.331 e. The Bertz CT molecular complexity index is 460. The molecule has 92 valence electrons. The van der Waals surface area contributed by atoms with E-state index in [0.29, 0.717) is 12.2 Å². The van der Waals surface area contributed by atoms with Gasteiger partial charge in [-0.15, -0.1) is 0 Å². The molecule has 1 heterocycles. The van der Waals surface area contributed by atoms with Crippen LogP contribution in [0.1, 0.15) is 17.4 Å². The van der Waals surface area contributed by atoms with Gasteiger partial charge in [0.2, 0.25) is 0 Å². The number of carbonyl (C=O) groups excluding carboxylic acids is 1. The molecule has 6 nitrogen and oxygen atoms in total. The van der Waals surface area contributed by atoms with Gasteiger partial charge < -0.3 is 10.0 Å². The number of carboxylic acid groups (broad SMARTS) is 1. The molecule has 0 aliphatic rings. The minimum atomic E-state index is -0.957. The summed E-state index contributed by atoms with van der Waals surface area (Å²) in [5.41, 5.74) is 0.595. The number of allylic oxidation sites excluding steroid dienone is 1. The second-order valence-electron chi connectivity index (χ2n) is 3.81. The van der Waals surface area contributed by atoms with Crippen LogP contribution in [0.25, 0.3) is 0 Å². The third-order valence-corrected chi connectivity index (χ3v) is 2.19. The summed E-state index contributed by atoms with van der Waals surface area (Å²) in [6.07, 6.45) is 3.18. The summed E-state index contributed by atoms with van der Waals surface area (Å²) in [5, 5.41) is 12.7. The first-order chi connectivity index (χ1) is 7.91. The van der Waals surface area contributed by atoms with Gasteiger partial charge in [-0.05, 0) is 13.0 Å². The Morgan fingerprint density at radius 1 is 1.53 bits per heavy atom. The third-order valence-electron chi connectivity index (χ3n) is 2.19. The Morgan fingerprint density at radius 3 is 2.71 bits per heavy atom. The maximum absolute atomic E-state index is 11.5. The van der Waals surface area contributed by atoms with Gasteiger partial charge in [0.15, 0.2) is 0 Å². The minimum Gasteiger partial charge on any atom is -0.478 e. The van der Waals surface area contributed by atoms with Crippen LogP contribution < -0.4 is 0 Å². The Labute approximate surface area is 99.1 Å². The van der Waals surface area contributed by atoms with Gasteiger partial charge in [-0.1, -0.05) is 6.08 Å². The van der Waals surface area contributed by atoms with Crippen LogP contribution in [0.3, 0.4) is 0 Å². The van der Waals surface area contributed by atoms with E-state index in [2.05, 4.69) is 5.10 Å². The molecule has 0 spiro atoms. The Kier molecular flexibility index (Phi) is 4.03. The van der Waals surface area contributed by atoms with E-state index < -0.39 is 5.97 Å². The largest absolute Gasteiger partial charge is 0.478 e. The van der Waals surface area contributed by atoms with E-state index in [1.165, 1.54) is 16.5 Å². The van der Waals surface area contributed by atoms with E-state index in [9.17, 15) is 9.59 Å². The molecular weight excluding hydrogens is 222 g/mol. The summed E-state index contributed by atoms with van der Waals surface area (Å²) >= 11 is 0. The number of nitrogens with zero attached hydrogens (tertiary/aromatic N) is 3. The van der Waals surface area contributed by atoms with Gasteiger partial charge in [0.1, 0.15) is 5.69 Å². The lowest BCUT2D eigenvalue weighted by atomic mass is 10.3. The SMILES string of the molecule is CC(=CCn1ccc(C(=O)N(C)C)n1)C(=O)O. The summed E-state index contributed by atoms with van der Waals surface area (Å²) in [6.45, 7) is 1.84. The van der Waals surface area contributed by atoms with Crippen molar-refractivity contribution in [2.45, 2.75) is 13.5 Å². The molecule has 1 aromatic heterocycles. The lowest BCUT2D eigenvalue weighted by Gasteiger charge is -2.06. The monoisotopic (exact) mass is 237 g/mol. The second kappa shape index (κ2) is 5.29. The van der Waals surface area contributed by atoms with Crippen LogP contribution >= 0.6 is 0 Å². The lowest BCUT2D eigenvalue weighted by molar-refractivity contribution is -0.132. The molecule has 0 bridgehead atoms. The number of amides is 1. The average molecular weight is 237 g/mol. The van der Waals surface area contributed by atoms with Gasteiger partial charge in [-0.25, -0.2) is 4.79 Å². The van der Waals surface area contributed by atoms with E-state index in [-0.39, 0.29) is 11.5 Å². The highest BCUT2D eigenvalue weighted by atomic mass is 16.4. The average Bonchev–Trinajstić information content (AvgIpc) is 2.72. The van der Waals surface area contributed by atoms with Crippen LogP contribution in [0.2, 0.25) is 0 Å². The molecule has 1 amide bonds. The highest BCUT2D eigenvalue weighted by molar-refractivity contribution is 5.91. The van der Waals surface area contributed by atoms with E-state index in [1.807, 2.05) is 0 Å². The predicted molar refractivity (Wildman–Crippen MR) is 61.6 cm³/mol. The van der Waals surface area contributed by atoms with Crippen molar-refractivity contribution in [2.24, 2.45) is 0 Å². The van der Waals surface area contributed by atoms with E-state index in [0.717, 1.165) is 0 Å². The summed E-state index contributed by atoms with van der Waals surface area (Å²) in [7, 11) is 3.30. The number of carboxylic acids is 1. The van der Waals surface area contributed by atoms with Gasteiger partial charge in [0.25, 0.3) is 5.91 Å². The Balaban J connectivity index is 2.73. The first-order valence-electron chi connectivity index (χ1n) is 5.07.